The molecule has 0 radical (unpaired) electrons. The van der Waals surface area contributed by atoms with E-state index in [9.17, 15) is 4.79 Å². The van der Waals surface area contributed by atoms with Gasteiger partial charge in [-0.25, -0.2) is 9.67 Å². The highest BCUT2D eigenvalue weighted by atomic mass is 16.2. The van der Waals surface area contributed by atoms with E-state index < -0.39 is 0 Å². The van der Waals surface area contributed by atoms with E-state index in [2.05, 4.69) is 25.2 Å². The van der Waals surface area contributed by atoms with E-state index in [0.717, 1.165) is 54.8 Å². The summed E-state index contributed by atoms with van der Waals surface area (Å²) in [7, 11) is 0. The normalized spacial score (nSPS) is 14.8. The second-order valence-corrected chi connectivity index (χ2v) is 7.29. The summed E-state index contributed by atoms with van der Waals surface area (Å²) in [6, 6.07) is 15.9. The fourth-order valence-corrected chi connectivity index (χ4v) is 3.70. The van der Waals surface area contributed by atoms with Gasteiger partial charge in [0.2, 0.25) is 5.91 Å². The second kappa shape index (κ2) is 8.45. The van der Waals surface area contributed by atoms with E-state index in [0.29, 0.717) is 6.54 Å². The average Bonchev–Trinajstić information content (AvgIpc) is 3.04. The van der Waals surface area contributed by atoms with Gasteiger partial charge in [-0.2, -0.15) is 5.10 Å². The molecule has 0 unspecified atom stereocenters. The molecule has 1 aliphatic rings. The number of rotatable bonds is 5. The van der Waals surface area contributed by atoms with Crippen LogP contribution >= 0.6 is 0 Å². The maximum Gasteiger partial charge on any atom is 0.238 e. The first kappa shape index (κ1) is 19.1. The molecule has 1 N–H and O–H groups in total. The number of amides is 1. The van der Waals surface area contributed by atoms with Gasteiger partial charge in [-0.15, -0.1) is 0 Å². The number of carbonyl (C=O) groups excluding carboxylic acids is 1. The van der Waals surface area contributed by atoms with Crippen molar-refractivity contribution in [3.8, 4) is 5.69 Å². The number of nitrogens with zero attached hydrogens (tertiary/aromatic N) is 5. The fraction of sp³-hybridized carbons (Fsp3) is 0.318. The summed E-state index contributed by atoms with van der Waals surface area (Å²) >= 11 is 0. The molecule has 2 aromatic heterocycles. The highest BCUT2D eigenvalue weighted by Crippen LogP contribution is 2.22. The lowest BCUT2D eigenvalue weighted by Crippen LogP contribution is -2.48. The lowest BCUT2D eigenvalue weighted by molar-refractivity contribution is -0.117. The monoisotopic (exact) mass is 390 g/mol. The van der Waals surface area contributed by atoms with Crippen molar-refractivity contribution >= 4 is 17.4 Å². The Kier molecular flexibility index (Phi) is 5.57. The smallest absolute Gasteiger partial charge is 0.238 e. The third-order valence-electron chi connectivity index (χ3n) is 5.27. The summed E-state index contributed by atoms with van der Waals surface area (Å²) in [5.74, 6) is 0.992. The SMILES string of the molecule is Cc1nn(-c2ccccc2)c(C)c1NC(=O)CN1CCN(c2ccccn2)CC1. The molecule has 150 valence electrons. The van der Waals surface area contributed by atoms with E-state index in [1.165, 1.54) is 0 Å². The Morgan fingerprint density at radius 2 is 1.72 bits per heavy atom. The van der Waals surface area contributed by atoms with Crippen molar-refractivity contribution in [1.82, 2.24) is 19.7 Å². The molecule has 1 fully saturated rings. The molecule has 1 amide bonds. The van der Waals surface area contributed by atoms with E-state index in [1.54, 1.807) is 0 Å². The minimum absolute atomic E-state index is 0.00454. The Morgan fingerprint density at radius 3 is 2.41 bits per heavy atom. The number of pyridine rings is 1. The Balaban J connectivity index is 1.36. The van der Waals surface area contributed by atoms with E-state index in [4.69, 9.17) is 0 Å². The fourth-order valence-electron chi connectivity index (χ4n) is 3.70. The Hall–Kier alpha value is -3.19. The number of hydrogen-bond acceptors (Lipinski definition) is 5. The summed E-state index contributed by atoms with van der Waals surface area (Å²) in [6.07, 6.45) is 1.81. The topological polar surface area (TPSA) is 66.3 Å². The Morgan fingerprint density at radius 1 is 1.00 bits per heavy atom. The van der Waals surface area contributed by atoms with Gasteiger partial charge in [-0.3, -0.25) is 9.69 Å². The first-order chi connectivity index (χ1) is 14.1. The number of aryl methyl sites for hydroxylation is 1. The molecule has 0 saturated carbocycles. The molecule has 3 aromatic rings. The molecule has 0 bridgehead atoms. The maximum absolute atomic E-state index is 12.7. The maximum atomic E-state index is 12.7. The van der Waals surface area contributed by atoms with Crippen molar-refractivity contribution in [3.05, 3.63) is 66.1 Å². The van der Waals surface area contributed by atoms with Crippen LogP contribution in [0.15, 0.2) is 54.7 Å². The predicted molar refractivity (Wildman–Crippen MR) is 115 cm³/mol. The lowest BCUT2D eigenvalue weighted by Gasteiger charge is -2.34. The van der Waals surface area contributed by atoms with Gasteiger partial charge in [0.1, 0.15) is 5.82 Å². The third kappa shape index (κ3) is 4.30. The highest BCUT2D eigenvalue weighted by molar-refractivity contribution is 5.93. The molecule has 7 nitrogen and oxygen atoms in total. The number of hydrogen-bond donors (Lipinski definition) is 1. The average molecular weight is 390 g/mol. The number of para-hydroxylation sites is 1. The zero-order valence-corrected chi connectivity index (χ0v) is 16.9. The summed E-state index contributed by atoms with van der Waals surface area (Å²) in [6.45, 7) is 7.70. The zero-order valence-electron chi connectivity index (χ0n) is 16.9. The van der Waals surface area contributed by atoms with Crippen molar-refractivity contribution in [2.75, 3.05) is 42.9 Å². The zero-order chi connectivity index (χ0) is 20.2. The van der Waals surface area contributed by atoms with E-state index in [1.807, 2.05) is 73.3 Å². The molecule has 3 heterocycles. The molecule has 1 aromatic carbocycles. The molecule has 0 aliphatic carbocycles. The van der Waals surface area contributed by atoms with Gasteiger partial charge in [0, 0.05) is 32.4 Å². The summed E-state index contributed by atoms with van der Waals surface area (Å²) in [5.41, 5.74) is 3.53. The van der Waals surface area contributed by atoms with Crippen LogP contribution in [-0.2, 0) is 4.79 Å². The van der Waals surface area contributed by atoms with Gasteiger partial charge >= 0.3 is 0 Å². The van der Waals surface area contributed by atoms with E-state index >= 15 is 0 Å². The van der Waals surface area contributed by atoms with Crippen molar-refractivity contribution in [2.45, 2.75) is 13.8 Å². The molecule has 0 atom stereocenters. The van der Waals surface area contributed by atoms with Crippen LogP contribution in [0.1, 0.15) is 11.4 Å². The van der Waals surface area contributed by atoms with E-state index in [-0.39, 0.29) is 5.91 Å². The number of aromatic nitrogens is 3. The van der Waals surface area contributed by atoms with Crippen LogP contribution in [0.25, 0.3) is 5.69 Å². The van der Waals surface area contributed by atoms with Gasteiger partial charge in [0.15, 0.2) is 0 Å². The van der Waals surface area contributed by atoms with Crippen molar-refractivity contribution in [3.63, 3.8) is 0 Å². The number of piperazine rings is 1. The van der Waals surface area contributed by atoms with Crippen molar-refractivity contribution in [2.24, 2.45) is 0 Å². The third-order valence-corrected chi connectivity index (χ3v) is 5.27. The van der Waals surface area contributed by atoms with Gasteiger partial charge in [0.25, 0.3) is 0 Å². The molecule has 1 saturated heterocycles. The Bertz CT molecular complexity index is 962. The van der Waals surface area contributed by atoms with Crippen LogP contribution < -0.4 is 10.2 Å². The molecule has 4 rings (SSSR count). The number of carbonyl (C=O) groups is 1. The van der Waals surface area contributed by atoms with Crippen LogP contribution in [0.5, 0.6) is 0 Å². The molecular weight excluding hydrogens is 364 g/mol. The Labute approximate surface area is 171 Å². The molecular formula is C22H26N6O. The standard InChI is InChI=1S/C22H26N6O/c1-17-22(18(2)28(25-17)19-8-4-3-5-9-19)24-21(29)16-26-12-14-27(15-13-26)20-10-6-7-11-23-20/h3-11H,12-16H2,1-2H3,(H,24,29). The largest absolute Gasteiger partial charge is 0.354 e. The first-order valence-electron chi connectivity index (χ1n) is 9.91. The summed E-state index contributed by atoms with van der Waals surface area (Å²) in [4.78, 5) is 21.5. The molecule has 7 heteroatoms. The second-order valence-electron chi connectivity index (χ2n) is 7.29. The quantitative estimate of drug-likeness (QED) is 0.726. The van der Waals surface area contributed by atoms with Gasteiger partial charge in [0.05, 0.1) is 29.3 Å². The number of anilines is 2. The molecule has 1 aliphatic heterocycles. The highest BCUT2D eigenvalue weighted by Gasteiger charge is 2.21. The van der Waals surface area contributed by atoms with Crippen LogP contribution in [0.3, 0.4) is 0 Å². The van der Waals surface area contributed by atoms with Crippen LogP contribution in [0, 0.1) is 13.8 Å². The predicted octanol–water partition coefficient (Wildman–Crippen LogP) is 2.64. The van der Waals surface area contributed by atoms with Gasteiger partial charge in [-0.1, -0.05) is 24.3 Å². The minimum atomic E-state index is -0.00454. The summed E-state index contributed by atoms with van der Waals surface area (Å²) in [5, 5.41) is 7.67. The number of nitrogens with one attached hydrogen (secondary N) is 1. The first-order valence-corrected chi connectivity index (χ1v) is 9.91. The van der Waals surface area contributed by atoms with Crippen molar-refractivity contribution in [1.29, 1.82) is 0 Å². The molecule has 29 heavy (non-hydrogen) atoms. The molecule has 0 spiro atoms. The van der Waals surface area contributed by atoms with Crippen molar-refractivity contribution < 1.29 is 4.79 Å². The van der Waals surface area contributed by atoms with Gasteiger partial charge in [-0.05, 0) is 38.1 Å². The van der Waals surface area contributed by atoms with Crippen LogP contribution in [0.2, 0.25) is 0 Å². The summed E-state index contributed by atoms with van der Waals surface area (Å²) < 4.78 is 1.87. The lowest BCUT2D eigenvalue weighted by atomic mass is 10.2. The minimum Gasteiger partial charge on any atom is -0.354 e. The van der Waals surface area contributed by atoms with Crippen LogP contribution in [0.4, 0.5) is 11.5 Å². The van der Waals surface area contributed by atoms with Crippen LogP contribution in [-0.4, -0.2) is 58.3 Å². The van der Waals surface area contributed by atoms with Gasteiger partial charge < -0.3 is 10.2 Å². The number of benzene rings is 1.